The van der Waals surface area contributed by atoms with Gasteiger partial charge in [0.2, 0.25) is 6.79 Å². The minimum absolute atomic E-state index is 0.339. The van der Waals surface area contributed by atoms with Crippen molar-refractivity contribution >= 4 is 0 Å². The molecule has 2 fully saturated rings. The second-order valence-corrected chi connectivity index (χ2v) is 6.95. The highest BCUT2D eigenvalue weighted by Gasteiger charge is 2.28. The molecule has 0 spiro atoms. The molecule has 0 aliphatic carbocycles. The van der Waals surface area contributed by atoms with E-state index in [4.69, 9.17) is 14.2 Å². The first-order chi connectivity index (χ1) is 11.3. The van der Waals surface area contributed by atoms with E-state index < -0.39 is 0 Å². The summed E-state index contributed by atoms with van der Waals surface area (Å²) >= 11 is 0. The number of nitrogens with zero attached hydrogens (tertiary/aromatic N) is 2. The molecule has 3 aliphatic rings. The zero-order chi connectivity index (χ0) is 15.6. The Morgan fingerprint density at radius 3 is 2.65 bits per heavy atom. The van der Waals surface area contributed by atoms with Gasteiger partial charge < -0.3 is 19.1 Å². The summed E-state index contributed by atoms with van der Waals surface area (Å²) in [5.74, 6) is 1.73. The summed E-state index contributed by atoms with van der Waals surface area (Å²) in [5, 5.41) is 0. The van der Waals surface area contributed by atoms with Crippen molar-refractivity contribution in [3.8, 4) is 11.5 Å². The molecule has 4 rings (SSSR count). The van der Waals surface area contributed by atoms with E-state index in [0.717, 1.165) is 30.9 Å². The highest BCUT2D eigenvalue weighted by molar-refractivity contribution is 5.44. The predicted molar refractivity (Wildman–Crippen MR) is 88.1 cm³/mol. The molecular formula is C18H26N2O3. The maximum Gasteiger partial charge on any atom is 0.231 e. The molecule has 1 aromatic carbocycles. The Bertz CT molecular complexity index is 543. The second kappa shape index (κ2) is 6.67. The van der Waals surface area contributed by atoms with Crippen LogP contribution in [0.1, 0.15) is 18.4 Å². The zero-order valence-corrected chi connectivity index (χ0v) is 13.9. The standard InChI is InChI=1S/C18H26N2O3/c1-19-6-8-20(9-7-19)12-16-4-3-15(23-16)10-14-2-5-17-18(11-14)22-13-21-17/h2,5,11,15-16H,3-4,6-10,12-13H2,1H3/t15-,16+/m0/s1. The van der Waals surface area contributed by atoms with E-state index in [2.05, 4.69) is 29.0 Å². The SMILES string of the molecule is CN1CCN(C[C@H]2CC[C@@H](Cc3ccc4c(c3)OCO4)O2)CC1. The number of fused-ring (bicyclic) bond motifs is 1. The van der Waals surface area contributed by atoms with Gasteiger partial charge in [0, 0.05) is 32.7 Å². The van der Waals surface area contributed by atoms with Crippen LogP contribution in [-0.2, 0) is 11.2 Å². The summed E-state index contributed by atoms with van der Waals surface area (Å²) in [6, 6.07) is 6.23. The highest BCUT2D eigenvalue weighted by atomic mass is 16.7. The van der Waals surface area contributed by atoms with Gasteiger partial charge in [-0.15, -0.1) is 0 Å². The van der Waals surface area contributed by atoms with Crippen LogP contribution in [0.2, 0.25) is 0 Å². The van der Waals surface area contributed by atoms with Gasteiger partial charge in [-0.25, -0.2) is 0 Å². The molecule has 0 bridgehead atoms. The summed E-state index contributed by atoms with van der Waals surface area (Å²) < 4.78 is 17.1. The van der Waals surface area contributed by atoms with Crippen LogP contribution >= 0.6 is 0 Å². The first kappa shape index (κ1) is 15.2. The molecule has 23 heavy (non-hydrogen) atoms. The molecule has 0 unspecified atom stereocenters. The van der Waals surface area contributed by atoms with Crippen LogP contribution in [0, 0.1) is 0 Å². The monoisotopic (exact) mass is 318 g/mol. The fourth-order valence-corrected chi connectivity index (χ4v) is 3.71. The maximum absolute atomic E-state index is 6.29. The number of likely N-dealkylation sites (N-methyl/N-ethyl adjacent to an activating group) is 1. The van der Waals surface area contributed by atoms with Crippen molar-refractivity contribution < 1.29 is 14.2 Å². The first-order valence-electron chi connectivity index (χ1n) is 8.71. The van der Waals surface area contributed by atoms with Gasteiger partial charge in [-0.05, 0) is 44.0 Å². The minimum atomic E-state index is 0.339. The summed E-state index contributed by atoms with van der Waals surface area (Å²) in [4.78, 5) is 4.95. The van der Waals surface area contributed by atoms with Gasteiger partial charge >= 0.3 is 0 Å². The smallest absolute Gasteiger partial charge is 0.231 e. The van der Waals surface area contributed by atoms with E-state index >= 15 is 0 Å². The molecule has 2 saturated heterocycles. The summed E-state index contributed by atoms with van der Waals surface area (Å²) in [6.07, 6.45) is 4.05. The Morgan fingerprint density at radius 2 is 1.78 bits per heavy atom. The lowest BCUT2D eigenvalue weighted by Crippen LogP contribution is -2.47. The van der Waals surface area contributed by atoms with E-state index in [1.165, 1.54) is 38.2 Å². The van der Waals surface area contributed by atoms with E-state index in [1.54, 1.807) is 0 Å². The molecule has 3 heterocycles. The molecule has 0 radical (unpaired) electrons. The molecule has 3 aliphatic heterocycles. The van der Waals surface area contributed by atoms with Crippen molar-refractivity contribution in [2.75, 3.05) is 46.6 Å². The van der Waals surface area contributed by atoms with Crippen LogP contribution in [0.5, 0.6) is 11.5 Å². The van der Waals surface area contributed by atoms with Gasteiger partial charge in [-0.3, -0.25) is 4.90 Å². The lowest BCUT2D eigenvalue weighted by atomic mass is 10.0. The average molecular weight is 318 g/mol. The summed E-state index contributed by atoms with van der Waals surface area (Å²) in [7, 11) is 2.20. The Hall–Kier alpha value is -1.30. The van der Waals surface area contributed by atoms with Gasteiger partial charge in [0.15, 0.2) is 11.5 Å². The van der Waals surface area contributed by atoms with Crippen molar-refractivity contribution in [3.63, 3.8) is 0 Å². The Morgan fingerprint density at radius 1 is 1.00 bits per heavy atom. The molecule has 1 aromatic rings. The molecule has 0 N–H and O–H groups in total. The van der Waals surface area contributed by atoms with Gasteiger partial charge in [0.1, 0.15) is 0 Å². The fraction of sp³-hybridized carbons (Fsp3) is 0.667. The van der Waals surface area contributed by atoms with Gasteiger partial charge in [0.05, 0.1) is 12.2 Å². The van der Waals surface area contributed by atoms with Crippen LogP contribution in [0.15, 0.2) is 18.2 Å². The maximum atomic E-state index is 6.29. The quantitative estimate of drug-likeness (QED) is 0.845. The van der Waals surface area contributed by atoms with Crippen LogP contribution in [-0.4, -0.2) is 68.6 Å². The molecular weight excluding hydrogens is 292 g/mol. The van der Waals surface area contributed by atoms with Crippen molar-refractivity contribution in [2.45, 2.75) is 31.5 Å². The predicted octanol–water partition coefficient (Wildman–Crippen LogP) is 1.75. The number of ether oxygens (including phenoxy) is 3. The Balaban J connectivity index is 1.27. The molecule has 5 nitrogen and oxygen atoms in total. The molecule has 0 saturated carbocycles. The molecule has 126 valence electrons. The highest BCUT2D eigenvalue weighted by Crippen LogP contribution is 2.33. The first-order valence-corrected chi connectivity index (χ1v) is 8.71. The molecule has 0 aromatic heterocycles. The normalized spacial score (nSPS) is 28.4. The fourth-order valence-electron chi connectivity index (χ4n) is 3.71. The number of hydrogen-bond donors (Lipinski definition) is 0. The summed E-state index contributed by atoms with van der Waals surface area (Å²) in [5.41, 5.74) is 1.28. The molecule has 2 atom stereocenters. The van der Waals surface area contributed by atoms with E-state index in [1.807, 2.05) is 6.07 Å². The second-order valence-electron chi connectivity index (χ2n) is 6.95. The lowest BCUT2D eigenvalue weighted by molar-refractivity contribution is 0.0146. The summed E-state index contributed by atoms with van der Waals surface area (Å²) in [6.45, 7) is 6.12. The third-order valence-corrected chi connectivity index (χ3v) is 5.15. The van der Waals surface area contributed by atoms with Crippen molar-refractivity contribution in [1.82, 2.24) is 9.80 Å². The third-order valence-electron chi connectivity index (χ3n) is 5.15. The van der Waals surface area contributed by atoms with E-state index in [0.29, 0.717) is 19.0 Å². The van der Waals surface area contributed by atoms with Crippen LogP contribution in [0.3, 0.4) is 0 Å². The van der Waals surface area contributed by atoms with Crippen LogP contribution in [0.4, 0.5) is 0 Å². The number of rotatable bonds is 4. The lowest BCUT2D eigenvalue weighted by Gasteiger charge is -2.33. The van der Waals surface area contributed by atoms with Gasteiger partial charge in [-0.2, -0.15) is 0 Å². The average Bonchev–Trinajstić information content (AvgIpc) is 3.18. The largest absolute Gasteiger partial charge is 0.454 e. The molecule has 5 heteroatoms. The van der Waals surface area contributed by atoms with Crippen molar-refractivity contribution in [3.05, 3.63) is 23.8 Å². The van der Waals surface area contributed by atoms with Crippen molar-refractivity contribution in [2.24, 2.45) is 0 Å². The van der Waals surface area contributed by atoms with E-state index in [-0.39, 0.29) is 0 Å². The zero-order valence-electron chi connectivity index (χ0n) is 13.9. The van der Waals surface area contributed by atoms with Gasteiger partial charge in [0.25, 0.3) is 0 Å². The Kier molecular flexibility index (Phi) is 4.42. The topological polar surface area (TPSA) is 34.2 Å². The van der Waals surface area contributed by atoms with Crippen LogP contribution in [0.25, 0.3) is 0 Å². The van der Waals surface area contributed by atoms with E-state index in [9.17, 15) is 0 Å². The number of benzene rings is 1. The Labute approximate surface area is 138 Å². The van der Waals surface area contributed by atoms with Crippen LogP contribution < -0.4 is 9.47 Å². The van der Waals surface area contributed by atoms with Crippen molar-refractivity contribution in [1.29, 1.82) is 0 Å². The minimum Gasteiger partial charge on any atom is -0.454 e. The number of piperazine rings is 1. The number of hydrogen-bond acceptors (Lipinski definition) is 5. The third kappa shape index (κ3) is 3.62. The molecule has 0 amide bonds. The van der Waals surface area contributed by atoms with Gasteiger partial charge in [-0.1, -0.05) is 6.07 Å².